The molecule has 1 atom stereocenters. The zero-order chi connectivity index (χ0) is 21.2. The molecule has 0 aliphatic carbocycles. The minimum Gasteiger partial charge on any atom is -0.474 e. The van der Waals surface area contributed by atoms with Gasteiger partial charge in [0.2, 0.25) is 5.88 Å². The van der Waals surface area contributed by atoms with Crippen molar-refractivity contribution in [3.63, 3.8) is 0 Å². The molecule has 0 radical (unpaired) electrons. The Bertz CT molecular complexity index is 882. The summed E-state index contributed by atoms with van der Waals surface area (Å²) in [5.41, 5.74) is -0.0473. The maximum Gasteiger partial charge on any atom is 0.410 e. The normalized spacial score (nSPS) is 19.7. The number of carbonyl (C=O) groups is 1. The number of nitrogens with zero attached hydrogens (tertiary/aromatic N) is 3. The van der Waals surface area contributed by atoms with E-state index in [2.05, 4.69) is 23.8 Å². The van der Waals surface area contributed by atoms with E-state index in [0.29, 0.717) is 36.2 Å². The fourth-order valence-corrected chi connectivity index (χ4v) is 3.31. The first kappa shape index (κ1) is 21.6. The van der Waals surface area contributed by atoms with Crippen LogP contribution in [-0.4, -0.2) is 59.0 Å². The highest BCUT2D eigenvalue weighted by molar-refractivity contribution is 6.30. The smallest absolute Gasteiger partial charge is 0.410 e. The lowest BCUT2D eigenvalue weighted by Crippen LogP contribution is -2.44. The minimum atomic E-state index is -0.559. The van der Waals surface area contributed by atoms with E-state index in [1.807, 2.05) is 32.9 Å². The summed E-state index contributed by atoms with van der Waals surface area (Å²) in [5.74, 6) is 0.400. The van der Waals surface area contributed by atoms with Gasteiger partial charge in [-0.3, -0.25) is 4.98 Å². The summed E-state index contributed by atoms with van der Waals surface area (Å²) in [6, 6.07) is 5.39. The van der Waals surface area contributed by atoms with E-state index in [-0.39, 0.29) is 24.2 Å². The second-order valence-electron chi connectivity index (χ2n) is 9.09. The first-order valence-electron chi connectivity index (χ1n) is 9.66. The third-order valence-electron chi connectivity index (χ3n) is 4.34. The average molecular weight is 422 g/mol. The molecule has 158 valence electrons. The van der Waals surface area contributed by atoms with Gasteiger partial charge in [0.05, 0.1) is 24.1 Å². The molecule has 1 aliphatic heterocycles. The van der Waals surface area contributed by atoms with Crippen LogP contribution in [0.5, 0.6) is 5.88 Å². The van der Waals surface area contributed by atoms with Gasteiger partial charge in [-0.2, -0.15) is 0 Å². The van der Waals surface area contributed by atoms with Crippen LogP contribution in [0.25, 0.3) is 10.9 Å². The Morgan fingerprint density at radius 1 is 1.41 bits per heavy atom. The van der Waals surface area contributed by atoms with E-state index in [9.17, 15) is 4.79 Å². The molecule has 0 saturated carbocycles. The van der Waals surface area contributed by atoms with Crippen LogP contribution >= 0.6 is 11.6 Å². The number of aromatic nitrogens is 2. The number of ether oxygens (including phenoxy) is 3. The van der Waals surface area contributed by atoms with Crippen molar-refractivity contribution in [1.82, 2.24) is 14.9 Å². The van der Waals surface area contributed by atoms with E-state index in [4.69, 9.17) is 25.8 Å². The van der Waals surface area contributed by atoms with Crippen LogP contribution in [0.4, 0.5) is 4.79 Å². The molecule has 1 saturated heterocycles. The van der Waals surface area contributed by atoms with Gasteiger partial charge in [-0.1, -0.05) is 25.4 Å². The third kappa shape index (κ3) is 5.93. The van der Waals surface area contributed by atoms with Crippen molar-refractivity contribution in [2.75, 3.05) is 26.3 Å². The summed E-state index contributed by atoms with van der Waals surface area (Å²) in [6.07, 6.45) is 1.02. The highest BCUT2D eigenvalue weighted by atomic mass is 35.5. The Kier molecular flexibility index (Phi) is 6.19. The second kappa shape index (κ2) is 8.32. The minimum absolute atomic E-state index is 0.198. The molecule has 1 fully saturated rings. The van der Waals surface area contributed by atoms with E-state index in [1.54, 1.807) is 17.2 Å². The van der Waals surface area contributed by atoms with Crippen LogP contribution < -0.4 is 4.74 Å². The first-order chi connectivity index (χ1) is 13.5. The van der Waals surface area contributed by atoms with E-state index in [0.717, 1.165) is 5.39 Å². The van der Waals surface area contributed by atoms with Gasteiger partial charge in [-0.25, -0.2) is 9.78 Å². The summed E-state index contributed by atoms with van der Waals surface area (Å²) in [7, 11) is 0. The van der Waals surface area contributed by atoms with Gasteiger partial charge in [-0.05, 0) is 32.9 Å². The lowest BCUT2D eigenvalue weighted by Gasteiger charge is -2.31. The quantitative estimate of drug-likeness (QED) is 0.687. The summed E-state index contributed by atoms with van der Waals surface area (Å²) in [5, 5.41) is 1.08. The molecule has 3 heterocycles. The predicted octanol–water partition coefficient (Wildman–Crippen LogP) is 4.32. The number of carbonyl (C=O) groups excluding carboxylic acids is 1. The van der Waals surface area contributed by atoms with Crippen molar-refractivity contribution in [3.8, 4) is 5.88 Å². The standard InChI is InChI=1S/C21H28ClN3O4/c1-20(2,3)29-19(26)25-10-14(28-13-21(4,5)12-25)11-27-18-15-7-6-8-23-16(15)9-17(22)24-18/h6-9,14H,10-13H2,1-5H3/t14-/m0/s1. The van der Waals surface area contributed by atoms with E-state index >= 15 is 0 Å². The lowest BCUT2D eigenvalue weighted by molar-refractivity contribution is -0.00462. The lowest BCUT2D eigenvalue weighted by atomic mass is 9.94. The molecule has 0 aromatic carbocycles. The van der Waals surface area contributed by atoms with Crippen molar-refractivity contribution in [2.45, 2.75) is 46.3 Å². The van der Waals surface area contributed by atoms with Crippen LogP contribution in [0.2, 0.25) is 5.15 Å². The van der Waals surface area contributed by atoms with Gasteiger partial charge < -0.3 is 19.1 Å². The molecule has 29 heavy (non-hydrogen) atoms. The van der Waals surface area contributed by atoms with Gasteiger partial charge >= 0.3 is 6.09 Å². The molecule has 0 spiro atoms. The van der Waals surface area contributed by atoms with Gasteiger partial charge in [0, 0.05) is 24.2 Å². The van der Waals surface area contributed by atoms with Crippen LogP contribution in [0.3, 0.4) is 0 Å². The molecular weight excluding hydrogens is 394 g/mol. The molecule has 3 rings (SSSR count). The van der Waals surface area contributed by atoms with Crippen molar-refractivity contribution >= 4 is 28.6 Å². The Hall–Kier alpha value is -2.12. The average Bonchev–Trinajstić information content (AvgIpc) is 2.76. The number of amides is 1. The van der Waals surface area contributed by atoms with Crippen molar-refractivity contribution in [3.05, 3.63) is 29.5 Å². The zero-order valence-electron chi connectivity index (χ0n) is 17.6. The number of fused-ring (bicyclic) bond motifs is 1. The van der Waals surface area contributed by atoms with Crippen LogP contribution in [-0.2, 0) is 9.47 Å². The number of pyridine rings is 2. The SMILES string of the molecule is CC1(C)CO[C@H](COc2nc(Cl)cc3ncccc23)CN(C(=O)OC(C)(C)C)C1. The van der Waals surface area contributed by atoms with Gasteiger partial charge in [0.1, 0.15) is 23.5 Å². The predicted molar refractivity (Wildman–Crippen MR) is 111 cm³/mol. The molecule has 1 aliphatic rings. The fraction of sp³-hybridized carbons (Fsp3) is 0.571. The van der Waals surface area contributed by atoms with E-state index in [1.165, 1.54) is 0 Å². The summed E-state index contributed by atoms with van der Waals surface area (Å²) >= 11 is 6.10. The van der Waals surface area contributed by atoms with Gasteiger partial charge in [-0.15, -0.1) is 0 Å². The fourth-order valence-electron chi connectivity index (χ4n) is 3.13. The Balaban J connectivity index is 1.74. The molecule has 0 bridgehead atoms. The molecule has 0 N–H and O–H groups in total. The Labute approximate surface area is 176 Å². The summed E-state index contributed by atoms with van der Waals surface area (Å²) in [4.78, 5) is 22.9. The Morgan fingerprint density at radius 3 is 2.90 bits per heavy atom. The summed E-state index contributed by atoms with van der Waals surface area (Å²) in [6.45, 7) is 11.3. The Morgan fingerprint density at radius 2 is 2.17 bits per heavy atom. The topological polar surface area (TPSA) is 73.8 Å². The van der Waals surface area contributed by atoms with Crippen molar-refractivity contribution in [1.29, 1.82) is 0 Å². The highest BCUT2D eigenvalue weighted by Crippen LogP contribution is 2.27. The molecule has 8 heteroatoms. The van der Waals surface area contributed by atoms with Crippen molar-refractivity contribution < 1.29 is 19.0 Å². The van der Waals surface area contributed by atoms with Crippen LogP contribution in [0.15, 0.2) is 24.4 Å². The van der Waals surface area contributed by atoms with E-state index < -0.39 is 5.60 Å². The third-order valence-corrected chi connectivity index (χ3v) is 4.54. The number of hydrogen-bond donors (Lipinski definition) is 0. The molecule has 1 amide bonds. The zero-order valence-corrected chi connectivity index (χ0v) is 18.3. The molecule has 0 unspecified atom stereocenters. The van der Waals surface area contributed by atoms with Gasteiger partial charge in [0.15, 0.2) is 0 Å². The number of hydrogen-bond acceptors (Lipinski definition) is 6. The molecule has 2 aromatic rings. The highest BCUT2D eigenvalue weighted by Gasteiger charge is 2.34. The first-order valence-corrected chi connectivity index (χ1v) is 10.0. The summed E-state index contributed by atoms with van der Waals surface area (Å²) < 4.78 is 17.6. The second-order valence-corrected chi connectivity index (χ2v) is 9.48. The van der Waals surface area contributed by atoms with Crippen molar-refractivity contribution in [2.24, 2.45) is 5.41 Å². The van der Waals surface area contributed by atoms with Crippen LogP contribution in [0, 0.1) is 5.41 Å². The number of rotatable bonds is 3. The maximum absolute atomic E-state index is 12.7. The molecular formula is C21H28ClN3O4. The largest absolute Gasteiger partial charge is 0.474 e. The maximum atomic E-state index is 12.7. The van der Waals surface area contributed by atoms with Gasteiger partial charge in [0.25, 0.3) is 0 Å². The van der Waals surface area contributed by atoms with Crippen LogP contribution in [0.1, 0.15) is 34.6 Å². The molecule has 7 nitrogen and oxygen atoms in total. The molecule has 2 aromatic heterocycles. The number of halogens is 1. The monoisotopic (exact) mass is 421 g/mol.